The summed E-state index contributed by atoms with van der Waals surface area (Å²) >= 11 is 0. The molecule has 0 spiro atoms. The number of nitrogens with zero attached hydrogens (tertiary/aromatic N) is 1. The zero-order valence-electron chi connectivity index (χ0n) is 11.5. The Morgan fingerprint density at radius 3 is 2.26 bits per heavy atom. The third kappa shape index (κ3) is 4.67. The van der Waals surface area contributed by atoms with E-state index < -0.39 is 12.7 Å². The molecular weight excluding hydrogens is 257 g/mol. The fraction of sp³-hybridized carbons (Fsp3) is 0.923. The lowest BCUT2D eigenvalue weighted by Gasteiger charge is -2.33. The number of alkyl halides is 3. The van der Waals surface area contributed by atoms with Crippen LogP contribution >= 0.6 is 0 Å². The first kappa shape index (κ1) is 16.3. The molecule has 1 amide bonds. The summed E-state index contributed by atoms with van der Waals surface area (Å²) in [5.41, 5.74) is 5.74. The molecule has 112 valence electrons. The zero-order chi connectivity index (χ0) is 14.6. The van der Waals surface area contributed by atoms with E-state index in [2.05, 4.69) is 0 Å². The Labute approximate surface area is 112 Å². The van der Waals surface area contributed by atoms with E-state index in [-0.39, 0.29) is 23.9 Å². The number of amides is 1. The number of carbonyl (C=O) groups is 1. The van der Waals surface area contributed by atoms with Gasteiger partial charge in [-0.3, -0.25) is 4.79 Å². The highest BCUT2D eigenvalue weighted by Gasteiger charge is 2.39. The van der Waals surface area contributed by atoms with Crippen LogP contribution in [0.4, 0.5) is 13.2 Å². The van der Waals surface area contributed by atoms with Crippen molar-refractivity contribution in [3.8, 4) is 0 Å². The van der Waals surface area contributed by atoms with E-state index in [1.807, 2.05) is 13.8 Å². The van der Waals surface area contributed by atoms with Crippen LogP contribution in [0.25, 0.3) is 0 Å². The molecule has 1 aliphatic carbocycles. The number of halogens is 3. The van der Waals surface area contributed by atoms with Crippen molar-refractivity contribution >= 4 is 5.91 Å². The van der Waals surface area contributed by atoms with Gasteiger partial charge in [0.1, 0.15) is 6.54 Å². The Morgan fingerprint density at radius 2 is 1.89 bits per heavy atom. The summed E-state index contributed by atoms with van der Waals surface area (Å²) in [5.74, 6) is -0.711. The third-order valence-electron chi connectivity index (χ3n) is 3.84. The second-order valence-corrected chi connectivity index (χ2v) is 5.32. The molecule has 1 saturated carbocycles. The van der Waals surface area contributed by atoms with Crippen LogP contribution < -0.4 is 5.73 Å². The quantitative estimate of drug-likeness (QED) is 0.841. The number of carbonyl (C=O) groups excluding carboxylic acids is 1. The molecule has 2 N–H and O–H groups in total. The Bertz CT molecular complexity index is 303. The van der Waals surface area contributed by atoms with Crippen molar-refractivity contribution in [1.82, 2.24) is 4.90 Å². The summed E-state index contributed by atoms with van der Waals surface area (Å²) in [6, 6.07) is -0.394. The van der Waals surface area contributed by atoms with Gasteiger partial charge in [-0.25, -0.2) is 0 Å². The predicted octanol–water partition coefficient (Wildman–Crippen LogP) is 2.69. The summed E-state index contributed by atoms with van der Waals surface area (Å²) in [5, 5.41) is 0. The van der Waals surface area contributed by atoms with E-state index in [0.29, 0.717) is 25.7 Å². The van der Waals surface area contributed by atoms with Gasteiger partial charge in [-0.2, -0.15) is 13.2 Å². The number of hydrogen-bond acceptors (Lipinski definition) is 2. The van der Waals surface area contributed by atoms with Gasteiger partial charge in [0.15, 0.2) is 0 Å². The van der Waals surface area contributed by atoms with Crippen molar-refractivity contribution in [3.63, 3.8) is 0 Å². The predicted molar refractivity (Wildman–Crippen MR) is 67.5 cm³/mol. The summed E-state index contributed by atoms with van der Waals surface area (Å²) < 4.78 is 37.9. The standard InChI is InChI=1S/C13H23F3N2O/c1-3-11(4-2)18(8-13(14,15)16)12(19)9-5-6-10(17)7-9/h9-11H,3-8,17H2,1-2H3. The molecule has 19 heavy (non-hydrogen) atoms. The minimum atomic E-state index is -4.35. The highest BCUT2D eigenvalue weighted by molar-refractivity contribution is 5.79. The Balaban J connectivity index is 2.80. The molecule has 0 bridgehead atoms. The summed E-state index contributed by atoms with van der Waals surface area (Å²) in [4.78, 5) is 13.3. The maximum Gasteiger partial charge on any atom is 0.406 e. The Morgan fingerprint density at radius 1 is 1.32 bits per heavy atom. The first-order chi connectivity index (χ1) is 8.78. The fourth-order valence-corrected chi connectivity index (χ4v) is 2.78. The molecule has 0 saturated heterocycles. The van der Waals surface area contributed by atoms with Crippen LogP contribution in [0.15, 0.2) is 0 Å². The van der Waals surface area contributed by atoms with Crippen molar-refractivity contribution in [2.24, 2.45) is 11.7 Å². The van der Waals surface area contributed by atoms with Crippen LogP contribution in [0.2, 0.25) is 0 Å². The van der Waals surface area contributed by atoms with Gasteiger partial charge in [-0.15, -0.1) is 0 Å². The maximum atomic E-state index is 12.6. The van der Waals surface area contributed by atoms with Gasteiger partial charge in [0.25, 0.3) is 0 Å². The Hall–Kier alpha value is -0.780. The van der Waals surface area contributed by atoms with Crippen LogP contribution in [-0.2, 0) is 4.79 Å². The SMILES string of the molecule is CCC(CC)N(CC(F)(F)F)C(=O)C1CCC(N)C1. The first-order valence-electron chi connectivity index (χ1n) is 6.91. The minimum absolute atomic E-state index is 0.0524. The van der Waals surface area contributed by atoms with Crippen molar-refractivity contribution < 1.29 is 18.0 Å². The van der Waals surface area contributed by atoms with E-state index in [1.54, 1.807) is 0 Å². The van der Waals surface area contributed by atoms with Crippen molar-refractivity contribution in [2.45, 2.75) is 64.2 Å². The van der Waals surface area contributed by atoms with Crippen LogP contribution in [0.5, 0.6) is 0 Å². The molecule has 1 rings (SSSR count). The van der Waals surface area contributed by atoms with E-state index in [4.69, 9.17) is 5.73 Å². The monoisotopic (exact) mass is 280 g/mol. The van der Waals surface area contributed by atoms with Gasteiger partial charge in [0, 0.05) is 18.0 Å². The van der Waals surface area contributed by atoms with Gasteiger partial charge in [0.2, 0.25) is 5.91 Å². The lowest BCUT2D eigenvalue weighted by Crippen LogP contribution is -2.47. The van der Waals surface area contributed by atoms with Crippen molar-refractivity contribution in [1.29, 1.82) is 0 Å². The summed E-state index contributed by atoms with van der Waals surface area (Å²) in [7, 11) is 0. The number of rotatable bonds is 5. The van der Waals surface area contributed by atoms with Crippen LogP contribution in [0.1, 0.15) is 46.0 Å². The van der Waals surface area contributed by atoms with Gasteiger partial charge in [-0.1, -0.05) is 13.8 Å². The van der Waals surface area contributed by atoms with Gasteiger partial charge in [-0.05, 0) is 32.1 Å². The highest BCUT2D eigenvalue weighted by atomic mass is 19.4. The summed E-state index contributed by atoms with van der Waals surface area (Å²) in [6.45, 7) is 2.47. The van der Waals surface area contributed by atoms with Crippen molar-refractivity contribution in [3.05, 3.63) is 0 Å². The summed E-state index contributed by atoms with van der Waals surface area (Å²) in [6.07, 6.45) is -1.44. The smallest absolute Gasteiger partial charge is 0.330 e. The average Bonchev–Trinajstić information content (AvgIpc) is 2.73. The molecule has 3 nitrogen and oxygen atoms in total. The molecule has 0 aromatic carbocycles. The minimum Gasteiger partial charge on any atom is -0.330 e. The normalized spacial score (nSPS) is 23.9. The zero-order valence-corrected chi connectivity index (χ0v) is 11.5. The maximum absolute atomic E-state index is 12.6. The first-order valence-corrected chi connectivity index (χ1v) is 6.91. The van der Waals surface area contributed by atoms with E-state index >= 15 is 0 Å². The molecule has 6 heteroatoms. The molecular formula is C13H23F3N2O. The van der Waals surface area contributed by atoms with E-state index in [9.17, 15) is 18.0 Å². The molecule has 0 aliphatic heterocycles. The molecule has 2 atom stereocenters. The molecule has 1 fully saturated rings. The molecule has 0 radical (unpaired) electrons. The van der Waals surface area contributed by atoms with Gasteiger partial charge in [0.05, 0.1) is 0 Å². The fourth-order valence-electron chi connectivity index (χ4n) is 2.78. The molecule has 0 heterocycles. The highest BCUT2D eigenvalue weighted by Crippen LogP contribution is 2.29. The second-order valence-electron chi connectivity index (χ2n) is 5.32. The van der Waals surface area contributed by atoms with E-state index in [1.165, 1.54) is 0 Å². The van der Waals surface area contributed by atoms with E-state index in [0.717, 1.165) is 11.3 Å². The van der Waals surface area contributed by atoms with Crippen LogP contribution in [-0.4, -0.2) is 35.6 Å². The van der Waals surface area contributed by atoms with Crippen LogP contribution in [0, 0.1) is 5.92 Å². The number of nitrogens with two attached hydrogens (primary N) is 1. The molecule has 0 aromatic rings. The van der Waals surface area contributed by atoms with Gasteiger partial charge >= 0.3 is 6.18 Å². The lowest BCUT2D eigenvalue weighted by atomic mass is 10.0. The Kier molecular flexibility index (Phi) is 5.64. The largest absolute Gasteiger partial charge is 0.406 e. The van der Waals surface area contributed by atoms with Crippen LogP contribution in [0.3, 0.4) is 0 Å². The average molecular weight is 280 g/mol. The van der Waals surface area contributed by atoms with Gasteiger partial charge < -0.3 is 10.6 Å². The molecule has 0 aromatic heterocycles. The number of hydrogen-bond donors (Lipinski definition) is 1. The van der Waals surface area contributed by atoms with Crippen molar-refractivity contribution in [2.75, 3.05) is 6.54 Å². The molecule has 1 aliphatic rings. The lowest BCUT2D eigenvalue weighted by molar-refractivity contribution is -0.168. The molecule has 2 unspecified atom stereocenters. The topological polar surface area (TPSA) is 46.3 Å². The third-order valence-corrected chi connectivity index (χ3v) is 3.84. The second kappa shape index (κ2) is 6.59.